The van der Waals surface area contributed by atoms with Crippen LogP contribution >= 0.6 is 0 Å². The molecular weight excluding hydrogens is 134 g/mol. The molecule has 1 fully saturated rings. The van der Waals surface area contributed by atoms with E-state index in [2.05, 4.69) is 0 Å². The summed E-state index contributed by atoms with van der Waals surface area (Å²) in [5.41, 5.74) is 5.40. The van der Waals surface area contributed by atoms with Crippen LogP contribution in [0.5, 0.6) is 0 Å². The molecule has 0 bridgehead atoms. The number of rotatable bonds is 1. The fraction of sp³-hybridized carbons (Fsp3) is 0.833. The third-order valence-corrected chi connectivity index (χ3v) is 1.87. The maximum atomic E-state index is 10.7. The summed E-state index contributed by atoms with van der Waals surface area (Å²) < 4.78 is 4.72. The maximum Gasteiger partial charge on any atom is 0.323 e. The summed E-state index contributed by atoms with van der Waals surface area (Å²) in [5, 5.41) is 8.64. The summed E-state index contributed by atoms with van der Waals surface area (Å²) in [4.78, 5) is 10.7. The smallest absolute Gasteiger partial charge is 0.323 e. The summed E-state index contributed by atoms with van der Waals surface area (Å²) >= 11 is 0. The van der Waals surface area contributed by atoms with Crippen molar-refractivity contribution in [1.29, 1.82) is 0 Å². The van der Waals surface area contributed by atoms with Crippen LogP contribution in [0.2, 0.25) is 0 Å². The van der Waals surface area contributed by atoms with Crippen molar-refractivity contribution in [2.24, 2.45) is 11.7 Å². The molecule has 0 aromatic heterocycles. The van der Waals surface area contributed by atoms with E-state index in [4.69, 9.17) is 15.6 Å². The highest BCUT2D eigenvalue weighted by Crippen LogP contribution is 2.19. The number of aliphatic hydroxyl groups is 1. The van der Waals surface area contributed by atoms with E-state index in [1.165, 1.54) is 0 Å². The standard InChI is InChI=1S/C6H11NO3/c1-3-4(2-8)10-6(9)5(3)7/h3-5,8H,2,7H2,1H3/t3-,4-,5-/m0/s1. The lowest BCUT2D eigenvalue weighted by Crippen LogP contribution is -2.32. The number of ether oxygens (including phenoxy) is 1. The third-order valence-electron chi connectivity index (χ3n) is 1.87. The van der Waals surface area contributed by atoms with E-state index in [1.54, 1.807) is 6.92 Å². The fourth-order valence-corrected chi connectivity index (χ4v) is 0.985. The second-order valence-electron chi connectivity index (χ2n) is 2.54. The first kappa shape index (κ1) is 7.50. The first-order valence-corrected chi connectivity index (χ1v) is 3.23. The van der Waals surface area contributed by atoms with Gasteiger partial charge in [-0.05, 0) is 0 Å². The van der Waals surface area contributed by atoms with Crippen LogP contribution in [0.1, 0.15) is 6.92 Å². The van der Waals surface area contributed by atoms with Crippen LogP contribution in [0.15, 0.2) is 0 Å². The molecule has 1 rings (SSSR count). The second-order valence-corrected chi connectivity index (χ2v) is 2.54. The molecule has 4 heteroatoms. The van der Waals surface area contributed by atoms with Gasteiger partial charge in [0.1, 0.15) is 12.1 Å². The van der Waals surface area contributed by atoms with E-state index in [0.717, 1.165) is 0 Å². The van der Waals surface area contributed by atoms with Crippen LogP contribution in [-0.2, 0) is 9.53 Å². The molecule has 4 nitrogen and oxygen atoms in total. The lowest BCUT2D eigenvalue weighted by molar-refractivity contribution is -0.143. The summed E-state index contributed by atoms with van der Waals surface area (Å²) in [5.74, 6) is -0.482. The van der Waals surface area contributed by atoms with Crippen molar-refractivity contribution in [3.63, 3.8) is 0 Å². The van der Waals surface area contributed by atoms with Gasteiger partial charge in [-0.25, -0.2) is 0 Å². The van der Waals surface area contributed by atoms with Crippen molar-refractivity contribution < 1.29 is 14.6 Å². The topological polar surface area (TPSA) is 72.5 Å². The first-order chi connectivity index (χ1) is 4.66. The molecule has 3 N–H and O–H groups in total. The Morgan fingerprint density at radius 3 is 2.60 bits per heavy atom. The average Bonchev–Trinajstić information content (AvgIpc) is 2.17. The van der Waals surface area contributed by atoms with Crippen LogP contribution in [0.25, 0.3) is 0 Å². The summed E-state index contributed by atoms with van der Waals surface area (Å²) in [6.45, 7) is 1.65. The largest absolute Gasteiger partial charge is 0.458 e. The molecule has 3 atom stereocenters. The predicted molar refractivity (Wildman–Crippen MR) is 34.1 cm³/mol. The van der Waals surface area contributed by atoms with Gasteiger partial charge in [-0.3, -0.25) is 4.79 Å². The highest BCUT2D eigenvalue weighted by atomic mass is 16.6. The second kappa shape index (κ2) is 2.56. The zero-order valence-corrected chi connectivity index (χ0v) is 5.78. The molecular formula is C6H11NO3. The normalized spacial score (nSPS) is 39.9. The van der Waals surface area contributed by atoms with Gasteiger partial charge < -0.3 is 15.6 Å². The highest BCUT2D eigenvalue weighted by Gasteiger charge is 2.38. The van der Waals surface area contributed by atoms with E-state index in [-0.39, 0.29) is 12.5 Å². The van der Waals surface area contributed by atoms with E-state index < -0.39 is 18.1 Å². The fourth-order valence-electron chi connectivity index (χ4n) is 0.985. The average molecular weight is 145 g/mol. The lowest BCUT2D eigenvalue weighted by atomic mass is 10.0. The van der Waals surface area contributed by atoms with Gasteiger partial charge in [-0.1, -0.05) is 6.92 Å². The predicted octanol–water partition coefficient (Wildman–Crippen LogP) is -1.13. The quantitative estimate of drug-likeness (QED) is 0.458. The highest BCUT2D eigenvalue weighted by molar-refractivity contribution is 5.78. The molecule has 0 saturated carbocycles. The molecule has 0 aromatic carbocycles. The Bertz CT molecular complexity index is 148. The van der Waals surface area contributed by atoms with Crippen LogP contribution in [0.3, 0.4) is 0 Å². The van der Waals surface area contributed by atoms with E-state index in [9.17, 15) is 4.79 Å². The lowest BCUT2D eigenvalue weighted by Gasteiger charge is -2.09. The minimum Gasteiger partial charge on any atom is -0.458 e. The number of hydrogen-bond donors (Lipinski definition) is 2. The molecule has 0 amide bonds. The van der Waals surface area contributed by atoms with Crippen LogP contribution in [0.4, 0.5) is 0 Å². The van der Waals surface area contributed by atoms with Gasteiger partial charge in [0.25, 0.3) is 0 Å². The Kier molecular flexibility index (Phi) is 1.92. The van der Waals surface area contributed by atoms with Crippen molar-refractivity contribution in [1.82, 2.24) is 0 Å². The van der Waals surface area contributed by atoms with Gasteiger partial charge in [0.2, 0.25) is 0 Å². The van der Waals surface area contributed by atoms with Gasteiger partial charge in [0, 0.05) is 5.92 Å². The molecule has 10 heavy (non-hydrogen) atoms. The molecule has 1 aliphatic rings. The molecule has 0 aliphatic carbocycles. The van der Waals surface area contributed by atoms with Crippen LogP contribution in [-0.4, -0.2) is 29.8 Å². The Hall–Kier alpha value is -0.610. The minimum absolute atomic E-state index is 0.0718. The van der Waals surface area contributed by atoms with Gasteiger partial charge in [0.15, 0.2) is 0 Å². The van der Waals surface area contributed by atoms with Crippen molar-refractivity contribution in [3.05, 3.63) is 0 Å². The molecule has 1 heterocycles. The molecule has 58 valence electrons. The Labute approximate surface area is 59.0 Å². The minimum atomic E-state index is -0.558. The van der Waals surface area contributed by atoms with Crippen LogP contribution in [0, 0.1) is 5.92 Å². The van der Waals surface area contributed by atoms with Gasteiger partial charge >= 0.3 is 5.97 Å². The van der Waals surface area contributed by atoms with E-state index in [1.807, 2.05) is 0 Å². The van der Waals surface area contributed by atoms with Gasteiger partial charge in [-0.2, -0.15) is 0 Å². The maximum absolute atomic E-state index is 10.7. The molecule has 0 aromatic rings. The Morgan fingerprint density at radius 1 is 1.80 bits per heavy atom. The van der Waals surface area contributed by atoms with Crippen LogP contribution < -0.4 is 5.73 Å². The van der Waals surface area contributed by atoms with E-state index in [0.29, 0.717) is 0 Å². The number of nitrogens with two attached hydrogens (primary N) is 1. The van der Waals surface area contributed by atoms with E-state index >= 15 is 0 Å². The molecule has 0 unspecified atom stereocenters. The monoisotopic (exact) mass is 145 g/mol. The van der Waals surface area contributed by atoms with Crippen molar-refractivity contribution >= 4 is 5.97 Å². The molecule has 1 saturated heterocycles. The summed E-state index contributed by atoms with van der Waals surface area (Å²) in [7, 11) is 0. The SMILES string of the molecule is C[C@H]1[C@H](CO)OC(=O)[C@H]1N. The zero-order chi connectivity index (χ0) is 7.72. The molecule has 0 spiro atoms. The molecule has 1 aliphatic heterocycles. The number of hydrogen-bond acceptors (Lipinski definition) is 4. The van der Waals surface area contributed by atoms with Crippen molar-refractivity contribution in [2.75, 3.05) is 6.61 Å². The molecule has 0 radical (unpaired) electrons. The summed E-state index contributed by atoms with van der Waals surface area (Å²) in [6.07, 6.45) is -0.400. The zero-order valence-electron chi connectivity index (χ0n) is 5.78. The third kappa shape index (κ3) is 0.998. The number of esters is 1. The number of carbonyl (C=O) groups is 1. The van der Waals surface area contributed by atoms with Gasteiger partial charge in [0.05, 0.1) is 6.61 Å². The first-order valence-electron chi connectivity index (χ1n) is 3.23. The number of cyclic esters (lactones) is 1. The Balaban J connectivity index is 2.61. The Morgan fingerprint density at radius 2 is 2.40 bits per heavy atom. The number of aliphatic hydroxyl groups excluding tert-OH is 1. The van der Waals surface area contributed by atoms with Crippen molar-refractivity contribution in [2.45, 2.75) is 19.1 Å². The summed E-state index contributed by atoms with van der Waals surface area (Å²) in [6, 6.07) is -0.558. The van der Waals surface area contributed by atoms with Gasteiger partial charge in [-0.15, -0.1) is 0 Å². The van der Waals surface area contributed by atoms with Crippen molar-refractivity contribution in [3.8, 4) is 0 Å². The number of carbonyl (C=O) groups excluding carboxylic acids is 1.